The van der Waals surface area contributed by atoms with Crippen LogP contribution in [0.25, 0.3) is 4.96 Å². The maximum absolute atomic E-state index is 13.0. The summed E-state index contributed by atoms with van der Waals surface area (Å²) >= 11 is 1.61. The summed E-state index contributed by atoms with van der Waals surface area (Å²) < 4.78 is 1.93. The number of hydrogen-bond donors (Lipinski definition) is 0. The molecule has 2 aliphatic carbocycles. The molecule has 1 atom stereocenters. The standard InChI is InChI=1S/C17H23N5OS/c23-16(12-5-2-1-3-6-12)21-10-4-7-13(21)15-20-22-14(11-8-9-11)18-19-17(22)24-15/h11-13H,1-10H2. The zero-order valence-electron chi connectivity index (χ0n) is 13.9. The number of rotatable bonds is 3. The van der Waals surface area contributed by atoms with E-state index in [1.165, 1.54) is 32.1 Å². The second-order valence-electron chi connectivity index (χ2n) is 7.49. The number of amides is 1. The number of carbonyl (C=O) groups is 1. The SMILES string of the molecule is O=C(C1CCCCC1)N1CCCC1c1nn2c(C3CC3)nnc2s1. The number of nitrogens with zero attached hydrogens (tertiary/aromatic N) is 5. The Balaban J connectivity index is 1.41. The number of hydrogen-bond acceptors (Lipinski definition) is 5. The van der Waals surface area contributed by atoms with Crippen molar-refractivity contribution in [2.24, 2.45) is 5.92 Å². The number of aromatic nitrogens is 4. The molecule has 3 fully saturated rings. The minimum absolute atomic E-state index is 0.151. The molecule has 0 spiro atoms. The first-order valence-electron chi connectivity index (χ1n) is 9.34. The van der Waals surface area contributed by atoms with Gasteiger partial charge in [-0.15, -0.1) is 10.2 Å². The van der Waals surface area contributed by atoms with E-state index in [4.69, 9.17) is 5.10 Å². The van der Waals surface area contributed by atoms with Crippen molar-refractivity contribution in [3.63, 3.8) is 0 Å². The quantitative estimate of drug-likeness (QED) is 0.856. The molecule has 7 heteroatoms. The van der Waals surface area contributed by atoms with E-state index in [1.54, 1.807) is 11.3 Å². The van der Waals surface area contributed by atoms with Crippen molar-refractivity contribution < 1.29 is 4.79 Å². The largest absolute Gasteiger partial charge is 0.333 e. The van der Waals surface area contributed by atoms with Gasteiger partial charge in [-0.2, -0.15) is 9.61 Å². The van der Waals surface area contributed by atoms with Crippen LogP contribution in [-0.2, 0) is 4.79 Å². The lowest BCUT2D eigenvalue weighted by Gasteiger charge is -2.29. The zero-order valence-corrected chi connectivity index (χ0v) is 14.7. The van der Waals surface area contributed by atoms with Crippen LogP contribution in [0.15, 0.2) is 0 Å². The minimum atomic E-state index is 0.151. The average molecular weight is 345 g/mol. The normalized spacial score (nSPS) is 25.7. The Morgan fingerprint density at radius 3 is 2.62 bits per heavy atom. The van der Waals surface area contributed by atoms with Crippen molar-refractivity contribution in [1.82, 2.24) is 24.7 Å². The molecular formula is C17H23N5OS. The predicted octanol–water partition coefficient (Wildman–Crippen LogP) is 3.31. The summed E-state index contributed by atoms with van der Waals surface area (Å²) in [6.07, 6.45) is 10.3. The van der Waals surface area contributed by atoms with Gasteiger partial charge < -0.3 is 4.90 Å². The number of carbonyl (C=O) groups excluding carboxylic acids is 1. The molecule has 24 heavy (non-hydrogen) atoms. The fraction of sp³-hybridized carbons (Fsp3) is 0.765. The molecule has 1 aliphatic heterocycles. The summed E-state index contributed by atoms with van der Waals surface area (Å²) in [6, 6.07) is 0.151. The van der Waals surface area contributed by atoms with Gasteiger partial charge in [-0.1, -0.05) is 30.6 Å². The van der Waals surface area contributed by atoms with Gasteiger partial charge in [0.2, 0.25) is 10.9 Å². The Labute approximate surface area is 145 Å². The van der Waals surface area contributed by atoms with E-state index in [2.05, 4.69) is 15.1 Å². The van der Waals surface area contributed by atoms with Gasteiger partial charge >= 0.3 is 0 Å². The molecular weight excluding hydrogens is 322 g/mol. The molecule has 2 aromatic rings. The monoisotopic (exact) mass is 345 g/mol. The first-order valence-corrected chi connectivity index (χ1v) is 10.2. The Morgan fingerprint density at radius 2 is 1.83 bits per heavy atom. The molecule has 1 unspecified atom stereocenters. The van der Waals surface area contributed by atoms with Crippen LogP contribution in [0, 0.1) is 5.92 Å². The average Bonchev–Trinajstić information content (AvgIpc) is 3.04. The van der Waals surface area contributed by atoms with E-state index in [-0.39, 0.29) is 12.0 Å². The van der Waals surface area contributed by atoms with Crippen LogP contribution < -0.4 is 0 Å². The van der Waals surface area contributed by atoms with Crippen molar-refractivity contribution in [3.8, 4) is 0 Å². The van der Waals surface area contributed by atoms with Gasteiger partial charge in [-0.05, 0) is 38.5 Å². The molecule has 0 bridgehead atoms. The van der Waals surface area contributed by atoms with Gasteiger partial charge in [0.25, 0.3) is 0 Å². The van der Waals surface area contributed by atoms with Crippen molar-refractivity contribution in [2.45, 2.75) is 69.7 Å². The summed E-state index contributed by atoms with van der Waals surface area (Å²) in [7, 11) is 0. The van der Waals surface area contributed by atoms with Crippen molar-refractivity contribution in [3.05, 3.63) is 10.8 Å². The summed E-state index contributed by atoms with van der Waals surface area (Å²) in [5.74, 6) is 2.16. The first-order chi connectivity index (χ1) is 11.8. The third-order valence-corrected chi connectivity index (χ3v) is 6.75. The van der Waals surface area contributed by atoms with Gasteiger partial charge in [-0.25, -0.2) is 0 Å². The lowest BCUT2D eigenvalue weighted by atomic mass is 9.88. The summed E-state index contributed by atoms with van der Waals surface area (Å²) in [6.45, 7) is 0.885. The Morgan fingerprint density at radius 1 is 1.00 bits per heavy atom. The molecule has 6 nitrogen and oxygen atoms in total. The van der Waals surface area contributed by atoms with Gasteiger partial charge in [0.1, 0.15) is 5.01 Å². The Hall–Kier alpha value is -1.50. The number of fused-ring (bicyclic) bond motifs is 1. The Bertz CT molecular complexity index is 758. The molecule has 2 saturated carbocycles. The molecule has 128 valence electrons. The van der Waals surface area contributed by atoms with Crippen LogP contribution in [0.1, 0.15) is 80.6 Å². The van der Waals surface area contributed by atoms with E-state index < -0.39 is 0 Å². The minimum Gasteiger partial charge on any atom is -0.333 e. The fourth-order valence-electron chi connectivity index (χ4n) is 4.25. The smallest absolute Gasteiger partial charge is 0.234 e. The van der Waals surface area contributed by atoms with Gasteiger partial charge in [0.05, 0.1) is 6.04 Å². The fourth-order valence-corrected chi connectivity index (χ4v) is 5.24. The van der Waals surface area contributed by atoms with E-state index in [9.17, 15) is 4.79 Å². The maximum Gasteiger partial charge on any atom is 0.234 e. The molecule has 1 saturated heterocycles. The van der Waals surface area contributed by atoms with Crippen molar-refractivity contribution >= 4 is 22.2 Å². The lowest BCUT2D eigenvalue weighted by molar-refractivity contribution is -0.137. The predicted molar refractivity (Wildman–Crippen MR) is 90.9 cm³/mol. The van der Waals surface area contributed by atoms with Crippen LogP contribution in [0.5, 0.6) is 0 Å². The molecule has 0 N–H and O–H groups in total. The molecule has 2 aromatic heterocycles. The highest BCUT2D eigenvalue weighted by atomic mass is 32.1. The lowest BCUT2D eigenvalue weighted by Crippen LogP contribution is -2.36. The van der Waals surface area contributed by atoms with Crippen LogP contribution in [-0.4, -0.2) is 37.2 Å². The molecule has 1 amide bonds. The second kappa shape index (κ2) is 5.79. The topological polar surface area (TPSA) is 63.4 Å². The highest BCUT2D eigenvalue weighted by molar-refractivity contribution is 7.16. The van der Waals surface area contributed by atoms with Crippen LogP contribution in [0.3, 0.4) is 0 Å². The van der Waals surface area contributed by atoms with Gasteiger partial charge in [0.15, 0.2) is 5.82 Å². The molecule has 0 radical (unpaired) electrons. The third-order valence-electron chi connectivity index (χ3n) is 5.75. The molecule has 5 rings (SSSR count). The molecule has 0 aromatic carbocycles. The molecule has 3 aliphatic rings. The van der Waals surface area contributed by atoms with E-state index in [1.807, 2.05) is 4.52 Å². The molecule has 3 heterocycles. The third kappa shape index (κ3) is 2.44. The van der Waals surface area contributed by atoms with Gasteiger partial charge in [0, 0.05) is 18.4 Å². The number of likely N-dealkylation sites (tertiary alicyclic amines) is 1. The van der Waals surface area contributed by atoms with E-state index >= 15 is 0 Å². The Kier molecular flexibility index (Phi) is 3.57. The van der Waals surface area contributed by atoms with Crippen LogP contribution in [0.2, 0.25) is 0 Å². The summed E-state index contributed by atoms with van der Waals surface area (Å²) in [5, 5.41) is 14.4. The second-order valence-corrected chi connectivity index (χ2v) is 8.48. The van der Waals surface area contributed by atoms with E-state index in [0.717, 1.165) is 48.0 Å². The van der Waals surface area contributed by atoms with Gasteiger partial charge in [-0.3, -0.25) is 4.79 Å². The van der Waals surface area contributed by atoms with Crippen molar-refractivity contribution in [1.29, 1.82) is 0 Å². The van der Waals surface area contributed by atoms with Crippen LogP contribution in [0.4, 0.5) is 0 Å². The zero-order chi connectivity index (χ0) is 16.1. The highest BCUT2D eigenvalue weighted by Crippen LogP contribution is 2.41. The first kappa shape index (κ1) is 14.8. The van der Waals surface area contributed by atoms with Crippen LogP contribution >= 0.6 is 11.3 Å². The van der Waals surface area contributed by atoms with Crippen molar-refractivity contribution in [2.75, 3.05) is 6.54 Å². The summed E-state index contributed by atoms with van der Waals surface area (Å²) in [5.41, 5.74) is 0. The summed E-state index contributed by atoms with van der Waals surface area (Å²) in [4.78, 5) is 16.0. The highest BCUT2D eigenvalue weighted by Gasteiger charge is 2.37. The maximum atomic E-state index is 13.0. The van der Waals surface area contributed by atoms with E-state index in [0.29, 0.717) is 11.8 Å².